The molecule has 0 saturated carbocycles. The second-order valence-electron chi connectivity index (χ2n) is 13.1. The van der Waals surface area contributed by atoms with Crippen LogP contribution >= 0.6 is 0 Å². The Labute approximate surface area is 316 Å². The number of nitrogens with one attached hydrogen (secondary N) is 1. The molecule has 3 aliphatic rings. The van der Waals surface area contributed by atoms with Gasteiger partial charge in [0.05, 0.1) is 67.3 Å². The maximum atomic E-state index is 15.4. The highest BCUT2D eigenvalue weighted by Crippen LogP contribution is 2.55. The van der Waals surface area contributed by atoms with Crippen LogP contribution in [0.2, 0.25) is 0 Å². The predicted octanol–water partition coefficient (Wildman–Crippen LogP) is 4.91. The van der Waals surface area contributed by atoms with Crippen LogP contribution in [0.4, 0.5) is 4.39 Å². The number of benzene rings is 4. The number of amides is 1. The zero-order valence-corrected chi connectivity index (χ0v) is 30.8. The fraction of sp³-hybridized carbons (Fsp3) is 0.317. The van der Waals surface area contributed by atoms with Crippen LogP contribution in [0.25, 0.3) is 11.6 Å². The molecule has 1 amide bonds. The molecule has 13 nitrogen and oxygen atoms in total. The molecule has 0 spiro atoms. The van der Waals surface area contributed by atoms with Crippen LogP contribution in [0, 0.1) is 17.7 Å². The van der Waals surface area contributed by atoms with Gasteiger partial charge in [-0.15, -0.1) is 0 Å². The van der Waals surface area contributed by atoms with E-state index in [1.165, 1.54) is 59.8 Å². The highest BCUT2D eigenvalue weighted by atomic mass is 19.1. The number of hydrogen-bond acceptors (Lipinski definition) is 12. The van der Waals surface area contributed by atoms with Crippen LogP contribution in [0.5, 0.6) is 40.2 Å². The summed E-state index contributed by atoms with van der Waals surface area (Å²) in [4.78, 5) is 28.6. The molecule has 0 unspecified atom stereocenters. The third-order valence-corrected chi connectivity index (χ3v) is 10.4. The van der Waals surface area contributed by atoms with E-state index < -0.39 is 48.1 Å². The number of fused-ring (bicyclic) bond motifs is 3. The van der Waals surface area contributed by atoms with Crippen molar-refractivity contribution in [3.8, 4) is 40.2 Å². The lowest BCUT2D eigenvalue weighted by Gasteiger charge is -2.39. The summed E-state index contributed by atoms with van der Waals surface area (Å²) in [5.41, 5.74) is 3.08. The van der Waals surface area contributed by atoms with Crippen molar-refractivity contribution < 1.29 is 62.1 Å². The van der Waals surface area contributed by atoms with Crippen molar-refractivity contribution in [2.75, 3.05) is 48.9 Å². The Morgan fingerprint density at radius 1 is 0.818 bits per heavy atom. The number of rotatable bonds is 12. The number of cyclic esters (lactones) is 1. The first-order valence-corrected chi connectivity index (χ1v) is 17.4. The van der Waals surface area contributed by atoms with Gasteiger partial charge in [0.25, 0.3) is 5.91 Å². The summed E-state index contributed by atoms with van der Waals surface area (Å²) in [7, 11) is 7.26. The Morgan fingerprint density at radius 2 is 1.47 bits per heavy atom. The van der Waals surface area contributed by atoms with Crippen molar-refractivity contribution >= 4 is 23.5 Å². The Morgan fingerprint density at radius 3 is 2.11 bits per heavy atom. The quantitative estimate of drug-likeness (QED) is 0.102. The minimum Gasteiger partial charge on any atom is -0.497 e. The van der Waals surface area contributed by atoms with E-state index in [0.29, 0.717) is 56.6 Å². The summed E-state index contributed by atoms with van der Waals surface area (Å²) < 4.78 is 60.3. The number of esters is 1. The number of ether oxygens (including phenoxy) is 8. The summed E-state index contributed by atoms with van der Waals surface area (Å²) in [6.07, 6.45) is 1.38. The number of halogens is 1. The largest absolute Gasteiger partial charge is 0.497 e. The first-order chi connectivity index (χ1) is 26.7. The summed E-state index contributed by atoms with van der Waals surface area (Å²) >= 11 is 0. The molecular weight excluding hydrogens is 717 g/mol. The van der Waals surface area contributed by atoms with Gasteiger partial charge >= 0.3 is 5.97 Å². The highest BCUT2D eigenvalue weighted by molar-refractivity contribution is 6.24. The molecule has 2 aliphatic heterocycles. The van der Waals surface area contributed by atoms with Gasteiger partial charge in [0, 0.05) is 34.1 Å². The van der Waals surface area contributed by atoms with Gasteiger partial charge < -0.3 is 53.4 Å². The van der Waals surface area contributed by atoms with Gasteiger partial charge in [-0.25, -0.2) is 4.39 Å². The Kier molecular flexibility index (Phi) is 10.5. The molecule has 14 heteroatoms. The third kappa shape index (κ3) is 6.61. The first kappa shape index (κ1) is 37.3. The minimum absolute atomic E-state index is 0.0153. The number of methoxy groups -OCH3 is 5. The monoisotopic (exact) mass is 757 g/mol. The van der Waals surface area contributed by atoms with E-state index in [1.807, 2.05) is 0 Å². The summed E-state index contributed by atoms with van der Waals surface area (Å²) in [5.74, 6) is -1.23. The number of carbonyl (C=O) groups excluding carboxylic acids is 2. The maximum Gasteiger partial charge on any atom is 0.310 e. The number of carbonyl (C=O) groups is 2. The van der Waals surface area contributed by atoms with Crippen molar-refractivity contribution in [3.05, 3.63) is 99.4 Å². The van der Waals surface area contributed by atoms with Crippen molar-refractivity contribution in [2.24, 2.45) is 11.8 Å². The van der Waals surface area contributed by atoms with Gasteiger partial charge in [0.2, 0.25) is 6.79 Å². The first-order valence-electron chi connectivity index (χ1n) is 17.4. The fourth-order valence-electron chi connectivity index (χ4n) is 7.84. The maximum absolute atomic E-state index is 15.4. The van der Waals surface area contributed by atoms with Gasteiger partial charge in [0.1, 0.15) is 11.6 Å². The normalized spacial score (nSPS) is 19.6. The summed E-state index contributed by atoms with van der Waals surface area (Å²) in [6, 6.07) is 13.6. The average molecular weight is 758 g/mol. The topological polar surface area (TPSA) is 160 Å². The molecule has 0 radical (unpaired) electrons. The molecule has 0 aromatic heterocycles. The molecule has 1 saturated heterocycles. The molecule has 2 heterocycles. The molecule has 4 aromatic carbocycles. The van der Waals surface area contributed by atoms with Crippen LogP contribution in [0.15, 0.2) is 54.6 Å². The molecule has 55 heavy (non-hydrogen) atoms. The second kappa shape index (κ2) is 15.4. The molecule has 4 atom stereocenters. The van der Waals surface area contributed by atoms with E-state index in [0.717, 1.165) is 0 Å². The highest BCUT2D eigenvalue weighted by Gasteiger charge is 2.53. The van der Waals surface area contributed by atoms with Gasteiger partial charge in [-0.1, -0.05) is 0 Å². The van der Waals surface area contributed by atoms with Gasteiger partial charge in [-0.3, -0.25) is 9.59 Å². The minimum atomic E-state index is -0.821. The van der Waals surface area contributed by atoms with Gasteiger partial charge in [0.15, 0.2) is 34.5 Å². The lowest BCUT2D eigenvalue weighted by molar-refractivity contribution is -0.141. The van der Waals surface area contributed by atoms with E-state index in [9.17, 15) is 19.8 Å². The molecule has 0 bridgehead atoms. The van der Waals surface area contributed by atoms with Gasteiger partial charge in [-0.05, 0) is 82.9 Å². The van der Waals surface area contributed by atoms with Crippen molar-refractivity contribution in [1.82, 2.24) is 5.32 Å². The SMILES string of the molecule is COc1ccc(F)c(/C=C(/C(=O)N[C@@H]2c3cc4c(cc3[C@@H](c3cc(CO)c(OC)c(OC)c3)[C@H]3C(=O)OC[C@@H]32)OCO4)c2cc(CO)c(OC)c(OC)c2)c1. The van der Waals surface area contributed by atoms with Crippen LogP contribution in [-0.2, 0) is 27.5 Å². The van der Waals surface area contributed by atoms with E-state index in [1.54, 1.807) is 36.4 Å². The van der Waals surface area contributed by atoms with Crippen molar-refractivity contribution in [2.45, 2.75) is 25.2 Å². The molecule has 3 N–H and O–H groups in total. The summed E-state index contributed by atoms with van der Waals surface area (Å²) in [5, 5.41) is 23.7. The van der Waals surface area contributed by atoms with E-state index in [2.05, 4.69) is 5.32 Å². The Balaban J connectivity index is 1.40. The van der Waals surface area contributed by atoms with E-state index in [4.69, 9.17) is 37.9 Å². The molecule has 1 fully saturated rings. The average Bonchev–Trinajstić information content (AvgIpc) is 3.84. The van der Waals surface area contributed by atoms with E-state index >= 15 is 4.39 Å². The van der Waals surface area contributed by atoms with Crippen LogP contribution in [0.1, 0.15) is 50.9 Å². The van der Waals surface area contributed by atoms with Crippen LogP contribution in [-0.4, -0.2) is 71.0 Å². The van der Waals surface area contributed by atoms with Crippen molar-refractivity contribution in [3.63, 3.8) is 0 Å². The fourth-order valence-corrected chi connectivity index (χ4v) is 7.84. The molecule has 288 valence electrons. The lowest BCUT2D eigenvalue weighted by Crippen LogP contribution is -2.43. The molecule has 4 aromatic rings. The number of aliphatic hydroxyl groups excluding tert-OH is 2. The smallest absolute Gasteiger partial charge is 0.310 e. The van der Waals surface area contributed by atoms with E-state index in [-0.39, 0.29) is 48.2 Å². The van der Waals surface area contributed by atoms with Crippen LogP contribution in [0.3, 0.4) is 0 Å². The molecule has 7 rings (SSSR count). The second-order valence-corrected chi connectivity index (χ2v) is 13.1. The summed E-state index contributed by atoms with van der Waals surface area (Å²) in [6.45, 7) is -0.848. The predicted molar refractivity (Wildman–Crippen MR) is 195 cm³/mol. The molecule has 1 aliphatic carbocycles. The van der Waals surface area contributed by atoms with Crippen LogP contribution < -0.4 is 38.5 Å². The lowest BCUT2D eigenvalue weighted by atomic mass is 9.65. The number of aliphatic hydroxyl groups is 2. The van der Waals surface area contributed by atoms with Crippen molar-refractivity contribution in [1.29, 1.82) is 0 Å². The Hall–Kier alpha value is -5.99. The third-order valence-electron chi connectivity index (χ3n) is 10.4. The Bertz CT molecular complexity index is 2130. The standard InChI is InChI=1S/C41H40FNO12/c1-48-25-6-7-30(42)21(10-25)11-26(20-8-23(16-44)38(51-4)33(12-20)49-2)40(46)43-37-28-15-32-31(54-19-55-32)14-27(28)35(36-29(37)18-53-41(36)47)22-9-24(17-45)39(52-5)34(13-22)50-3/h6-15,29,35-37,44-45H,16-19H2,1-5H3,(H,43,46)/b26-11+/t29-,35+,36-,37+/m0/s1. The molecular formula is C41H40FNO12. The number of hydrogen-bond donors (Lipinski definition) is 3. The zero-order chi connectivity index (χ0) is 39.0. The van der Waals surface area contributed by atoms with Gasteiger partial charge in [-0.2, -0.15) is 0 Å². The zero-order valence-electron chi connectivity index (χ0n) is 30.8.